The summed E-state index contributed by atoms with van der Waals surface area (Å²) < 4.78 is 77.2. The summed E-state index contributed by atoms with van der Waals surface area (Å²) in [7, 11) is 0. The number of aliphatic hydroxyl groups is 2. The van der Waals surface area contributed by atoms with Crippen molar-refractivity contribution in [2.24, 2.45) is 46.1 Å². The number of halogens is 5. The van der Waals surface area contributed by atoms with Gasteiger partial charge in [-0.2, -0.15) is 0 Å². The zero-order valence-electron chi connectivity index (χ0n) is 74.9. The number of carbonyl (C=O) groups excluding carboxylic acids is 13. The molecule has 51 heteroatoms. The normalized spacial score (nSPS) is 14.5. The van der Waals surface area contributed by atoms with Gasteiger partial charge in [-0.05, 0) is 107 Å². The van der Waals surface area contributed by atoms with Crippen LogP contribution in [-0.2, 0) is 81.6 Å². The number of benzene rings is 4. The minimum absolute atomic E-state index is 0.00673. The first-order valence-electron chi connectivity index (χ1n) is 44.1. The number of guanidine groups is 5. The van der Waals surface area contributed by atoms with Crippen LogP contribution in [0.4, 0.5) is 22.0 Å². The molecule has 0 spiro atoms. The van der Waals surface area contributed by atoms with Crippen LogP contribution in [0.25, 0.3) is 10.9 Å². The summed E-state index contributed by atoms with van der Waals surface area (Å²) in [6.45, 7) is -3.02. The molecule has 1 saturated carbocycles. The molecule has 39 N–H and O–H groups in total. The lowest BCUT2D eigenvalue weighted by atomic mass is 9.84. The summed E-state index contributed by atoms with van der Waals surface area (Å²) in [6, 6.07) is -1.00. The largest absolute Gasteiger partial charge is 0.480 e. The highest BCUT2D eigenvalue weighted by atomic mass is 19.2. The van der Waals surface area contributed by atoms with Crippen molar-refractivity contribution in [2.75, 3.05) is 45.9 Å². The first kappa shape index (κ1) is 111. The summed E-state index contributed by atoms with van der Waals surface area (Å²) in [6.07, 6.45) is -1.76. The Kier molecular flexibility index (Phi) is 45.6. The summed E-state index contributed by atoms with van der Waals surface area (Å²) in [4.78, 5) is 202. The summed E-state index contributed by atoms with van der Waals surface area (Å²) in [5, 5.41) is 109. The third-order valence-electron chi connectivity index (χ3n) is 22.1. The number of hydrogen-bond acceptors (Lipinski definition) is 22. The topological polar surface area (TPSA) is 809 Å². The van der Waals surface area contributed by atoms with Crippen molar-refractivity contribution in [3.8, 4) is 0 Å². The molecule has 12 atom stereocenters. The molecule has 12 amide bonds. The highest BCUT2D eigenvalue weighted by molar-refractivity contribution is 6.09. The maximum Gasteiger partial charge on any atom is 0.326 e. The number of carbonyl (C=O) groups is 14. The van der Waals surface area contributed by atoms with E-state index >= 15 is 36.7 Å². The Hall–Kier alpha value is -14.9. The number of fused-ring (bicyclic) bond motifs is 1. The quantitative estimate of drug-likeness (QED) is 0.00331. The van der Waals surface area contributed by atoms with E-state index in [2.05, 4.69) is 90.1 Å². The van der Waals surface area contributed by atoms with Crippen molar-refractivity contribution in [2.45, 2.75) is 207 Å². The molecular weight excluding hydrogens is 1810 g/mol. The summed E-state index contributed by atoms with van der Waals surface area (Å²) >= 11 is 0. The van der Waals surface area contributed by atoms with Crippen LogP contribution in [-0.4, -0.2) is 251 Å². The van der Waals surface area contributed by atoms with Crippen molar-refractivity contribution < 1.29 is 104 Å². The molecule has 5 aromatic rings. The number of aliphatic carboxylic acids is 1. The Bertz CT molecular complexity index is 5050. The fourth-order valence-electron chi connectivity index (χ4n) is 14.8. The molecule has 137 heavy (non-hydrogen) atoms. The van der Waals surface area contributed by atoms with E-state index in [1.54, 1.807) is 66.7 Å². The number of nitrogens with one attached hydrogen (secondary N) is 22. The molecule has 0 bridgehead atoms. The van der Waals surface area contributed by atoms with E-state index in [1.807, 2.05) is 0 Å². The maximum absolute atomic E-state index is 16.0. The van der Waals surface area contributed by atoms with Gasteiger partial charge in [-0.3, -0.25) is 89.4 Å². The number of H-pyrrole nitrogens is 1. The number of para-hydroxylation sites is 1. The number of amides is 12. The highest BCUT2D eigenvalue weighted by Crippen LogP contribution is 2.29. The van der Waals surface area contributed by atoms with E-state index in [0.29, 0.717) is 65.3 Å². The van der Waals surface area contributed by atoms with Gasteiger partial charge in [0.2, 0.25) is 76.7 Å². The van der Waals surface area contributed by atoms with Gasteiger partial charge in [0.25, 0.3) is 0 Å². The van der Waals surface area contributed by atoms with E-state index < -0.39 is 271 Å². The Morgan fingerprint density at radius 1 is 0.372 bits per heavy atom. The van der Waals surface area contributed by atoms with Crippen LogP contribution in [0, 0.1) is 62.1 Å². The number of hydrogen-bond donors (Lipinski definition) is 32. The van der Waals surface area contributed by atoms with Crippen LogP contribution < -0.4 is 125 Å². The summed E-state index contributed by atoms with van der Waals surface area (Å²) in [5.41, 5.74) is 39.7. The first-order valence-corrected chi connectivity index (χ1v) is 44.1. The van der Waals surface area contributed by atoms with Gasteiger partial charge in [-0.15, -0.1) is 0 Å². The van der Waals surface area contributed by atoms with Gasteiger partial charge < -0.3 is 146 Å². The molecule has 1 fully saturated rings. The van der Waals surface area contributed by atoms with Crippen LogP contribution in [0.3, 0.4) is 0 Å². The number of carboxylic acids is 1. The molecule has 0 unspecified atom stereocenters. The monoisotopic (exact) mass is 1930 g/mol. The minimum Gasteiger partial charge on any atom is -0.480 e. The zero-order chi connectivity index (χ0) is 101. The van der Waals surface area contributed by atoms with Gasteiger partial charge in [0, 0.05) is 85.8 Å². The molecule has 1 heterocycles. The predicted octanol–water partition coefficient (Wildman–Crippen LogP) is -4.60. The van der Waals surface area contributed by atoms with E-state index in [0.717, 1.165) is 0 Å². The average Bonchev–Trinajstić information content (AvgIpc) is 1.62. The molecule has 1 aliphatic rings. The number of aromatic amines is 1. The number of ketones is 1. The van der Waals surface area contributed by atoms with E-state index in [9.17, 15) is 67.7 Å². The molecule has 748 valence electrons. The Morgan fingerprint density at radius 2 is 0.701 bits per heavy atom. The molecule has 1 aromatic heterocycles. The number of aliphatic hydroxyl groups excluding tert-OH is 2. The number of aromatic nitrogens is 1. The molecule has 1 aliphatic carbocycles. The molecule has 0 aliphatic heterocycles. The average molecular weight is 1930 g/mol. The van der Waals surface area contributed by atoms with E-state index in [1.165, 1.54) is 18.3 Å². The number of carboxylic acid groups (broad SMARTS) is 1. The van der Waals surface area contributed by atoms with Crippen molar-refractivity contribution in [1.82, 2.24) is 90.1 Å². The second kappa shape index (κ2) is 56.3. The van der Waals surface area contributed by atoms with Gasteiger partial charge >= 0.3 is 5.97 Å². The zero-order valence-corrected chi connectivity index (χ0v) is 74.9. The highest BCUT2D eigenvalue weighted by Gasteiger charge is 2.40. The second-order valence-electron chi connectivity index (χ2n) is 32.6. The van der Waals surface area contributed by atoms with Gasteiger partial charge in [0.05, 0.1) is 19.3 Å². The number of rotatable bonds is 58. The Morgan fingerprint density at radius 3 is 1.11 bits per heavy atom. The van der Waals surface area contributed by atoms with Gasteiger partial charge in [-0.1, -0.05) is 105 Å². The second-order valence-corrected chi connectivity index (χ2v) is 32.6. The number of nitrogens with two attached hydrogens (primary N) is 7. The van der Waals surface area contributed by atoms with Crippen molar-refractivity contribution in [3.05, 3.63) is 142 Å². The lowest BCUT2D eigenvalue weighted by molar-refractivity contribution is -0.142. The first-order chi connectivity index (χ1) is 65.1. The van der Waals surface area contributed by atoms with Gasteiger partial charge in [0.15, 0.2) is 58.8 Å². The van der Waals surface area contributed by atoms with Gasteiger partial charge in [0.1, 0.15) is 66.5 Å². The molecule has 46 nitrogen and oxygen atoms in total. The molecule has 0 radical (unpaired) electrons. The van der Waals surface area contributed by atoms with Crippen molar-refractivity contribution in [3.63, 3.8) is 0 Å². The Labute approximate surface area is 782 Å². The van der Waals surface area contributed by atoms with Gasteiger partial charge in [-0.25, -0.2) is 26.7 Å². The standard InChI is InChI=1S/C86H122F5N29O17/c87-64-49(65(88)67(90)68(91)66(64)89)39-60(118-80(135)62(42-122)120-77(132)59(38-47-40-109-51-19-8-7-18-48(47)51)117-79(134)61(41-121)119-70(125)50(92)36-44-25-27-46(28-26-44)69(124)45-16-5-2-6-17-45)78(133)116-58(37-43-14-3-1-4-15-43)76(131)113-54(22-11-33-106-84(98)99)72(127)110-52(20-9-31-104-82(94)95)71(126)111-53(21-10-32-105-83(96)97)73(128)114-56(29-30-63(93)123)75(130)112-55(23-12-34-107-85(100)101)74(129)115-57(81(136)137)24-13-35-108-86(102)103/h2,5-8,16-19,25-28,40,43,50,52-62,109,121-122H,1,3-4,9-15,20-24,29-39,41-42,92H2,(H2,93,123)(H,110,127)(H,111,126)(H,112,130)(H,113,131)(H,114,128)(H,115,129)(H,116,133)(H,117,134)(H,118,135)(H,119,125)(H,120,132)(H,136,137)(H4,94,95,104)(H4,96,97,105)(H4,98,99,106)(H4,100,101,107)(H4,102,103,108)/t50-,52-,53-,54-,55-,56-,57-,58-,59-,60-,61-,62-/m1/s1. The van der Waals surface area contributed by atoms with Crippen molar-refractivity contribution >= 4 is 123 Å². The minimum atomic E-state index is -2.64. The fraction of sp³-hybridized carbons (Fsp3) is 0.477. The lowest BCUT2D eigenvalue weighted by Crippen LogP contribution is -2.62. The van der Waals surface area contributed by atoms with Crippen LogP contribution in [0.2, 0.25) is 0 Å². The smallest absolute Gasteiger partial charge is 0.326 e. The van der Waals surface area contributed by atoms with Crippen LogP contribution in [0.5, 0.6) is 0 Å². The molecule has 4 aromatic carbocycles. The van der Waals surface area contributed by atoms with E-state index in [4.69, 9.17) is 67.2 Å². The summed E-state index contributed by atoms with van der Waals surface area (Å²) in [5.74, 6) is -32.1. The molecular formula is C86H122F5N29O17. The molecule has 6 rings (SSSR count). The third kappa shape index (κ3) is 37.1. The fourth-order valence-corrected chi connectivity index (χ4v) is 14.8. The van der Waals surface area contributed by atoms with Crippen LogP contribution in [0.15, 0.2) is 85.1 Å². The predicted molar refractivity (Wildman–Crippen MR) is 488 cm³/mol. The number of primary amides is 1. The van der Waals surface area contributed by atoms with Crippen LogP contribution in [0.1, 0.15) is 148 Å². The van der Waals surface area contributed by atoms with E-state index in [-0.39, 0.29) is 103 Å². The SMILES string of the molecule is N=C(N)NCCC[C@@H](NC(=O)[C@@H](CCCNC(=N)N)NC(=O)[C@@H](CCC(N)=O)NC(=O)[C@@H](CCCNC(=N)N)NC(=O)[C@@H](CCCNC(=N)N)NC(=O)[C@@H](CCCNC(=N)N)NC(=O)[C@@H](CC1CCCCC1)NC(=O)[C@@H](Cc1c(F)c(F)c(F)c(F)c1F)NC(=O)[C@@H](CO)NC(=O)[C@@H](Cc1c[nH]c2ccccc12)NC(=O)[C@@H](CO)NC(=O)[C@H](N)Cc1ccc(C(=O)c2ccccc2)cc1)C(=O)O. The van der Waals surface area contributed by atoms with Crippen molar-refractivity contribution in [1.29, 1.82) is 27.0 Å². The van der Waals surface area contributed by atoms with Crippen LogP contribution >= 0.6 is 0 Å². The lowest BCUT2D eigenvalue weighted by Gasteiger charge is -2.30. The molecule has 0 saturated heterocycles. The third-order valence-corrected chi connectivity index (χ3v) is 22.1. The maximum atomic E-state index is 16.0. The Balaban J connectivity index is 1.32.